The van der Waals surface area contributed by atoms with E-state index in [-0.39, 0.29) is 24.1 Å². The van der Waals surface area contributed by atoms with Crippen molar-refractivity contribution in [3.8, 4) is 0 Å². The minimum absolute atomic E-state index is 0.0258. The van der Waals surface area contributed by atoms with Crippen LogP contribution in [-0.4, -0.2) is 40.1 Å². The molecule has 32 heavy (non-hydrogen) atoms. The highest BCUT2D eigenvalue weighted by Gasteiger charge is 2.40. The second kappa shape index (κ2) is 10.3. The summed E-state index contributed by atoms with van der Waals surface area (Å²) in [6.45, 7) is 8.32. The van der Waals surface area contributed by atoms with Crippen molar-refractivity contribution in [2.24, 2.45) is 0 Å². The Morgan fingerprint density at radius 3 is 2.59 bits per heavy atom. The van der Waals surface area contributed by atoms with Crippen LogP contribution in [0, 0.1) is 0 Å². The highest BCUT2D eigenvalue weighted by atomic mass is 35.5. The van der Waals surface area contributed by atoms with Crippen molar-refractivity contribution in [1.82, 2.24) is 5.32 Å². The maximum absolute atomic E-state index is 13.7. The van der Waals surface area contributed by atoms with Crippen molar-refractivity contribution in [3.63, 3.8) is 0 Å². The summed E-state index contributed by atoms with van der Waals surface area (Å²) in [4.78, 5) is 13.0. The topological polar surface area (TPSA) is 75.7 Å². The minimum Gasteiger partial charge on any atom is -0.379 e. The molecule has 0 spiro atoms. The van der Waals surface area contributed by atoms with Gasteiger partial charge in [0.1, 0.15) is 0 Å². The monoisotopic (exact) mass is 474 g/mol. The molecule has 170 valence electrons. The van der Waals surface area contributed by atoms with Gasteiger partial charge < -0.3 is 10.1 Å². The molecule has 8 heteroatoms. The number of carbonyl (C=O) groups excluding carboxylic acids is 1. The van der Waals surface area contributed by atoms with Crippen LogP contribution in [0.2, 0.25) is 5.02 Å². The number of fused-ring (bicyclic) bond motifs is 1. The first-order valence-corrected chi connectivity index (χ1v) is 12.2. The van der Waals surface area contributed by atoms with Crippen LogP contribution < -0.4 is 9.62 Å². The maximum Gasteiger partial charge on any atom is 0.270 e. The molecule has 2 aromatic carbocycles. The lowest BCUT2D eigenvalue weighted by atomic mass is 9.95. The molecule has 0 aliphatic carbocycles. The quantitative estimate of drug-likeness (QED) is 0.432. The Morgan fingerprint density at radius 1 is 1.22 bits per heavy atom. The highest BCUT2D eigenvalue weighted by Crippen LogP contribution is 2.43. The first-order chi connectivity index (χ1) is 15.3. The fourth-order valence-electron chi connectivity index (χ4n) is 3.53. The molecule has 0 fully saturated rings. The summed E-state index contributed by atoms with van der Waals surface area (Å²) in [6, 6.07) is 14.0. The van der Waals surface area contributed by atoms with Crippen LogP contribution in [0.25, 0.3) is 5.57 Å². The lowest BCUT2D eigenvalue weighted by molar-refractivity contribution is -0.116. The summed E-state index contributed by atoms with van der Waals surface area (Å²) < 4.78 is 34.0. The predicted octanol–water partition coefficient (Wildman–Crippen LogP) is 4.37. The first-order valence-electron chi connectivity index (χ1n) is 10.4. The molecule has 1 heterocycles. The maximum atomic E-state index is 13.7. The van der Waals surface area contributed by atoms with Crippen LogP contribution in [0.4, 0.5) is 5.69 Å². The van der Waals surface area contributed by atoms with Gasteiger partial charge in [-0.15, -0.1) is 6.58 Å². The van der Waals surface area contributed by atoms with Crippen LogP contribution in [0.5, 0.6) is 0 Å². The van der Waals surface area contributed by atoms with Crippen molar-refractivity contribution in [1.29, 1.82) is 0 Å². The van der Waals surface area contributed by atoms with Crippen molar-refractivity contribution >= 4 is 38.8 Å². The average Bonchev–Trinajstić information content (AvgIpc) is 2.75. The van der Waals surface area contributed by atoms with Gasteiger partial charge in [0.25, 0.3) is 15.9 Å². The Morgan fingerprint density at radius 2 is 1.94 bits per heavy atom. The van der Waals surface area contributed by atoms with Gasteiger partial charge in [-0.2, -0.15) is 0 Å². The molecule has 0 saturated heterocycles. The van der Waals surface area contributed by atoms with E-state index in [1.165, 1.54) is 10.4 Å². The van der Waals surface area contributed by atoms with Crippen LogP contribution in [-0.2, 0) is 19.6 Å². The van der Waals surface area contributed by atoms with E-state index in [1.54, 1.807) is 42.5 Å². The van der Waals surface area contributed by atoms with Gasteiger partial charge in [0.15, 0.2) is 4.91 Å². The minimum atomic E-state index is -4.15. The average molecular weight is 475 g/mol. The molecule has 1 amide bonds. The lowest BCUT2D eigenvalue weighted by Gasteiger charge is -2.33. The van der Waals surface area contributed by atoms with Gasteiger partial charge in [-0.1, -0.05) is 48.0 Å². The second-order valence-electron chi connectivity index (χ2n) is 7.59. The summed E-state index contributed by atoms with van der Waals surface area (Å²) in [5.41, 5.74) is 1.98. The Balaban J connectivity index is 2.12. The smallest absolute Gasteiger partial charge is 0.270 e. The van der Waals surface area contributed by atoms with Gasteiger partial charge in [0.05, 0.1) is 18.3 Å². The fraction of sp³-hybridized carbons (Fsp3) is 0.292. The second-order valence-corrected chi connectivity index (χ2v) is 9.82. The van der Waals surface area contributed by atoms with E-state index in [0.29, 0.717) is 40.4 Å². The molecule has 2 aromatic rings. The lowest BCUT2D eigenvalue weighted by Crippen LogP contribution is -2.41. The third-order valence-electron chi connectivity index (χ3n) is 4.89. The van der Waals surface area contributed by atoms with E-state index in [2.05, 4.69) is 11.9 Å². The van der Waals surface area contributed by atoms with Crippen molar-refractivity contribution in [2.45, 2.75) is 26.4 Å². The molecule has 0 atom stereocenters. The number of nitrogens with zero attached hydrogens (tertiary/aromatic N) is 1. The first kappa shape index (κ1) is 24.0. The summed E-state index contributed by atoms with van der Waals surface area (Å²) in [6.07, 6.45) is 2.14. The molecular formula is C24H27ClN2O4S. The molecule has 1 aliphatic heterocycles. The standard InChI is InChI=1S/C24H27ClN2O4S/c1-4-14-27-21-12-11-19(25)16-20(21)22(18-9-6-5-7-10-18)23(32(27,29)30)24(28)26-13-8-15-31-17(2)3/h4-7,9-12,16-17H,1,8,13-15H2,2-3H3,(H,26,28). The van der Waals surface area contributed by atoms with Crippen molar-refractivity contribution in [2.75, 3.05) is 24.0 Å². The van der Waals surface area contributed by atoms with Gasteiger partial charge >= 0.3 is 0 Å². The van der Waals surface area contributed by atoms with Crippen molar-refractivity contribution in [3.05, 3.63) is 82.2 Å². The Bertz CT molecular complexity index is 1130. The van der Waals surface area contributed by atoms with Crippen LogP contribution in [0.1, 0.15) is 31.4 Å². The largest absolute Gasteiger partial charge is 0.379 e. The van der Waals surface area contributed by atoms with E-state index in [4.69, 9.17) is 16.3 Å². The van der Waals surface area contributed by atoms with Gasteiger partial charge in [0, 0.05) is 29.3 Å². The zero-order valence-corrected chi connectivity index (χ0v) is 19.7. The highest BCUT2D eigenvalue weighted by molar-refractivity contribution is 7.97. The Hall–Kier alpha value is -2.61. The molecular weight excluding hydrogens is 448 g/mol. The number of benzene rings is 2. The number of anilines is 1. The van der Waals surface area contributed by atoms with E-state index in [9.17, 15) is 13.2 Å². The van der Waals surface area contributed by atoms with Crippen LogP contribution in [0.15, 0.2) is 66.1 Å². The fourth-order valence-corrected chi connectivity index (χ4v) is 5.43. The van der Waals surface area contributed by atoms with Crippen LogP contribution >= 0.6 is 11.6 Å². The Labute approximate surface area is 194 Å². The molecule has 0 saturated carbocycles. The van der Waals surface area contributed by atoms with Gasteiger partial charge in [0.2, 0.25) is 0 Å². The molecule has 3 rings (SSSR count). The third kappa shape index (κ3) is 5.06. The zero-order valence-electron chi connectivity index (χ0n) is 18.2. The number of hydrogen-bond acceptors (Lipinski definition) is 4. The molecule has 6 nitrogen and oxygen atoms in total. The molecule has 1 N–H and O–H groups in total. The number of ether oxygens (including phenoxy) is 1. The van der Waals surface area contributed by atoms with E-state index in [1.807, 2.05) is 19.9 Å². The van der Waals surface area contributed by atoms with E-state index in [0.717, 1.165) is 0 Å². The Kier molecular flexibility index (Phi) is 7.77. The summed E-state index contributed by atoms with van der Waals surface area (Å²) >= 11 is 6.27. The number of sulfonamides is 1. The summed E-state index contributed by atoms with van der Waals surface area (Å²) in [5, 5.41) is 3.19. The SMILES string of the molecule is C=CCN1c2ccc(Cl)cc2C(c2ccccc2)=C(C(=O)NCCCOC(C)C)S1(=O)=O. The predicted molar refractivity (Wildman–Crippen MR) is 129 cm³/mol. The molecule has 0 aromatic heterocycles. The van der Waals surface area contributed by atoms with E-state index >= 15 is 0 Å². The van der Waals surface area contributed by atoms with Gasteiger partial charge in [-0.25, -0.2) is 8.42 Å². The number of rotatable bonds is 9. The summed E-state index contributed by atoms with van der Waals surface area (Å²) in [5.74, 6) is -0.659. The third-order valence-corrected chi connectivity index (χ3v) is 6.96. The molecule has 0 bridgehead atoms. The molecule has 0 unspecified atom stereocenters. The number of carbonyl (C=O) groups is 1. The number of halogens is 1. The number of nitrogens with one attached hydrogen (secondary N) is 1. The molecule has 0 radical (unpaired) electrons. The van der Waals surface area contributed by atoms with E-state index < -0.39 is 15.9 Å². The number of amides is 1. The summed E-state index contributed by atoms with van der Waals surface area (Å²) in [7, 11) is -4.15. The zero-order chi connectivity index (χ0) is 23.3. The van der Waals surface area contributed by atoms with Gasteiger partial charge in [-0.05, 0) is 44.0 Å². The molecule has 1 aliphatic rings. The van der Waals surface area contributed by atoms with Crippen molar-refractivity contribution < 1.29 is 17.9 Å². The number of hydrogen-bond donors (Lipinski definition) is 1. The normalized spacial score (nSPS) is 14.9. The van der Waals surface area contributed by atoms with Gasteiger partial charge in [-0.3, -0.25) is 9.10 Å². The van der Waals surface area contributed by atoms with Crippen LogP contribution in [0.3, 0.4) is 0 Å².